The van der Waals surface area contributed by atoms with E-state index >= 15 is 0 Å². The van der Waals surface area contributed by atoms with E-state index < -0.39 is 22.5 Å². The number of carbonyl (C=O) groups is 1. The zero-order valence-electron chi connectivity index (χ0n) is 11.0. The summed E-state index contributed by atoms with van der Waals surface area (Å²) in [5, 5.41) is 24.3. The Morgan fingerprint density at radius 2 is 1.95 bits per heavy atom. The van der Waals surface area contributed by atoms with Crippen molar-refractivity contribution in [3.05, 3.63) is 36.2 Å². The molecule has 0 amide bonds. The van der Waals surface area contributed by atoms with Gasteiger partial charge in [-0.3, -0.25) is 14.2 Å². The molecule has 112 valence electrons. The van der Waals surface area contributed by atoms with Crippen molar-refractivity contribution in [2.24, 2.45) is 0 Å². The third-order valence-electron chi connectivity index (χ3n) is 2.77. The molecule has 0 atom stereocenters. The van der Waals surface area contributed by atoms with E-state index in [2.05, 4.69) is 10.2 Å². The Bertz CT molecular complexity index is 751. The van der Waals surface area contributed by atoms with Gasteiger partial charge in [0.1, 0.15) is 17.2 Å². The van der Waals surface area contributed by atoms with Gasteiger partial charge in [-0.2, -0.15) is 5.10 Å². The fraction of sp³-hybridized carbons (Fsp3) is 0.167. The fourth-order valence-electron chi connectivity index (χ4n) is 1.78. The number of aromatic amines is 1. The number of hydrogen-bond acceptors (Lipinski definition) is 5. The molecular formula is C12H13N3O5S. The number of aryl methyl sites for hydroxylation is 1. The van der Waals surface area contributed by atoms with E-state index in [9.17, 15) is 18.3 Å². The summed E-state index contributed by atoms with van der Waals surface area (Å²) in [5.41, 5.74) is 0.444. The normalized spacial score (nSPS) is 11.3. The van der Waals surface area contributed by atoms with Gasteiger partial charge in [0.15, 0.2) is 0 Å². The van der Waals surface area contributed by atoms with E-state index in [0.717, 1.165) is 10.5 Å². The first-order valence-corrected chi connectivity index (χ1v) is 7.30. The number of anilines is 1. The van der Waals surface area contributed by atoms with Crippen molar-refractivity contribution < 1.29 is 23.4 Å². The van der Waals surface area contributed by atoms with Crippen LogP contribution >= 0.6 is 0 Å². The van der Waals surface area contributed by atoms with Crippen molar-refractivity contribution in [1.82, 2.24) is 10.2 Å². The van der Waals surface area contributed by atoms with Crippen LogP contribution in [0.2, 0.25) is 0 Å². The molecule has 21 heavy (non-hydrogen) atoms. The summed E-state index contributed by atoms with van der Waals surface area (Å²) in [6.07, 6.45) is 1.12. The molecule has 1 heterocycles. The third-order valence-corrected chi connectivity index (χ3v) is 4.66. The van der Waals surface area contributed by atoms with Crippen molar-refractivity contribution >= 4 is 21.7 Å². The second kappa shape index (κ2) is 5.44. The van der Waals surface area contributed by atoms with Crippen LogP contribution in [0.5, 0.6) is 5.75 Å². The molecule has 1 aromatic carbocycles. The molecule has 1 aromatic heterocycles. The number of sulfonamides is 1. The number of aromatic hydroxyl groups is 1. The minimum absolute atomic E-state index is 0.0501. The van der Waals surface area contributed by atoms with Gasteiger partial charge in [0, 0.05) is 0 Å². The van der Waals surface area contributed by atoms with Gasteiger partial charge in [0.25, 0.3) is 10.0 Å². The SMILES string of the molecule is Cc1[nH]ncc1S(=O)(=O)N(CC(=O)O)c1ccc(O)cc1. The molecule has 0 saturated carbocycles. The smallest absolute Gasteiger partial charge is 0.324 e. The molecule has 2 rings (SSSR count). The van der Waals surface area contributed by atoms with E-state index in [-0.39, 0.29) is 16.3 Å². The van der Waals surface area contributed by atoms with Crippen LogP contribution in [0.25, 0.3) is 0 Å². The Hall–Kier alpha value is -2.55. The highest BCUT2D eigenvalue weighted by atomic mass is 32.2. The third kappa shape index (κ3) is 2.97. The highest BCUT2D eigenvalue weighted by Gasteiger charge is 2.29. The van der Waals surface area contributed by atoms with Gasteiger partial charge in [0.2, 0.25) is 0 Å². The minimum Gasteiger partial charge on any atom is -0.508 e. The molecule has 3 N–H and O–H groups in total. The minimum atomic E-state index is -4.07. The van der Waals surface area contributed by atoms with Crippen molar-refractivity contribution in [1.29, 1.82) is 0 Å². The van der Waals surface area contributed by atoms with Gasteiger partial charge in [-0.15, -0.1) is 0 Å². The van der Waals surface area contributed by atoms with Crippen LogP contribution in [0.15, 0.2) is 35.4 Å². The second-order valence-electron chi connectivity index (χ2n) is 4.28. The molecule has 0 bridgehead atoms. The summed E-state index contributed by atoms with van der Waals surface area (Å²) in [4.78, 5) is 10.9. The molecule has 9 heteroatoms. The number of carboxylic acid groups (broad SMARTS) is 1. The van der Waals surface area contributed by atoms with Gasteiger partial charge in [-0.1, -0.05) is 0 Å². The molecule has 2 aromatic rings. The van der Waals surface area contributed by atoms with Gasteiger partial charge in [-0.05, 0) is 31.2 Å². The average Bonchev–Trinajstić information content (AvgIpc) is 2.84. The summed E-state index contributed by atoms with van der Waals surface area (Å²) in [6.45, 7) is 0.785. The summed E-state index contributed by atoms with van der Waals surface area (Å²) < 4.78 is 25.9. The van der Waals surface area contributed by atoms with E-state index in [4.69, 9.17) is 5.11 Å². The molecule has 0 aliphatic rings. The van der Waals surface area contributed by atoms with E-state index in [0.29, 0.717) is 5.69 Å². The molecule has 0 spiro atoms. The number of benzene rings is 1. The van der Waals surface area contributed by atoms with E-state index in [1.807, 2.05) is 0 Å². The van der Waals surface area contributed by atoms with Crippen molar-refractivity contribution in [2.75, 3.05) is 10.8 Å². The number of aliphatic carboxylic acids is 1. The number of aromatic nitrogens is 2. The van der Waals surface area contributed by atoms with Crippen LogP contribution in [0, 0.1) is 6.92 Å². The highest BCUT2D eigenvalue weighted by Crippen LogP contribution is 2.26. The predicted octanol–water partition coefficient (Wildman–Crippen LogP) is 0.704. The number of H-pyrrole nitrogens is 1. The van der Waals surface area contributed by atoms with Crippen molar-refractivity contribution in [3.63, 3.8) is 0 Å². The molecule has 0 aliphatic heterocycles. The quantitative estimate of drug-likeness (QED) is 0.747. The predicted molar refractivity (Wildman–Crippen MR) is 73.6 cm³/mol. The van der Waals surface area contributed by atoms with Gasteiger partial charge in [0.05, 0.1) is 17.6 Å². The molecule has 8 nitrogen and oxygen atoms in total. The van der Waals surface area contributed by atoms with Crippen LogP contribution in [-0.2, 0) is 14.8 Å². The first-order valence-electron chi connectivity index (χ1n) is 5.86. The Labute approximate surface area is 120 Å². The van der Waals surface area contributed by atoms with Gasteiger partial charge in [-0.25, -0.2) is 8.42 Å². The van der Waals surface area contributed by atoms with Gasteiger partial charge < -0.3 is 10.2 Å². The molecule has 0 aliphatic carbocycles. The van der Waals surface area contributed by atoms with Crippen molar-refractivity contribution in [3.8, 4) is 5.75 Å². The lowest BCUT2D eigenvalue weighted by atomic mass is 10.3. The number of phenols is 1. The number of nitrogens with zero attached hydrogens (tertiary/aromatic N) is 2. The first kappa shape index (κ1) is 14.9. The van der Waals surface area contributed by atoms with Crippen LogP contribution in [0.4, 0.5) is 5.69 Å². The molecule has 0 unspecified atom stereocenters. The van der Waals surface area contributed by atoms with E-state index in [1.54, 1.807) is 0 Å². The summed E-state index contributed by atoms with van der Waals surface area (Å²) in [6, 6.07) is 5.21. The Kier molecular flexibility index (Phi) is 3.85. The first-order chi connectivity index (χ1) is 9.82. The average molecular weight is 311 g/mol. The Morgan fingerprint density at radius 3 is 2.43 bits per heavy atom. The van der Waals surface area contributed by atoms with E-state index in [1.165, 1.54) is 31.2 Å². The largest absolute Gasteiger partial charge is 0.508 e. The summed E-state index contributed by atoms with van der Waals surface area (Å²) in [5.74, 6) is -1.35. The summed E-state index contributed by atoms with van der Waals surface area (Å²) >= 11 is 0. The number of carboxylic acids is 1. The molecule has 0 radical (unpaired) electrons. The monoisotopic (exact) mass is 311 g/mol. The lowest BCUT2D eigenvalue weighted by Gasteiger charge is -2.22. The maximum Gasteiger partial charge on any atom is 0.324 e. The highest BCUT2D eigenvalue weighted by molar-refractivity contribution is 7.93. The molecule has 0 saturated heterocycles. The number of nitrogens with one attached hydrogen (secondary N) is 1. The van der Waals surface area contributed by atoms with Crippen LogP contribution in [0.3, 0.4) is 0 Å². The van der Waals surface area contributed by atoms with Crippen LogP contribution < -0.4 is 4.31 Å². The fourth-order valence-corrected chi connectivity index (χ4v) is 3.31. The van der Waals surface area contributed by atoms with Gasteiger partial charge >= 0.3 is 5.97 Å². The maximum absolute atomic E-state index is 12.6. The number of rotatable bonds is 5. The zero-order valence-corrected chi connectivity index (χ0v) is 11.8. The number of phenolic OH excluding ortho intramolecular Hbond substituents is 1. The molecular weight excluding hydrogens is 298 g/mol. The maximum atomic E-state index is 12.6. The summed E-state index contributed by atoms with van der Waals surface area (Å²) in [7, 11) is -4.07. The molecule has 0 fully saturated rings. The lowest BCUT2D eigenvalue weighted by Crippen LogP contribution is -2.35. The Balaban J connectivity index is 2.52. The van der Waals surface area contributed by atoms with Crippen LogP contribution in [0.1, 0.15) is 5.69 Å². The Morgan fingerprint density at radius 1 is 1.33 bits per heavy atom. The van der Waals surface area contributed by atoms with Crippen molar-refractivity contribution in [2.45, 2.75) is 11.8 Å². The van der Waals surface area contributed by atoms with Crippen LogP contribution in [-0.4, -0.2) is 41.3 Å². The topological polar surface area (TPSA) is 124 Å². The lowest BCUT2D eigenvalue weighted by molar-refractivity contribution is -0.135. The second-order valence-corrected chi connectivity index (χ2v) is 6.11. The zero-order chi connectivity index (χ0) is 15.6. The number of hydrogen-bond donors (Lipinski definition) is 3. The standard InChI is InChI=1S/C12H13N3O5S/c1-8-11(6-13-14-8)21(19,20)15(7-12(17)18)9-2-4-10(16)5-3-9/h2-6,16H,7H2,1H3,(H,13,14)(H,17,18).